The summed E-state index contributed by atoms with van der Waals surface area (Å²) >= 11 is 3.49. The normalized spacial score (nSPS) is 10.3. The molecule has 6 nitrogen and oxygen atoms in total. The zero-order chi connectivity index (χ0) is 17.8. The van der Waals surface area contributed by atoms with Crippen LogP contribution in [0.25, 0.3) is 0 Å². The van der Waals surface area contributed by atoms with Crippen LogP contribution in [0.1, 0.15) is 15.9 Å². The van der Waals surface area contributed by atoms with Gasteiger partial charge in [0.25, 0.3) is 0 Å². The number of carbonyl (C=O) groups is 1. The molecule has 0 amide bonds. The number of carboxylic acid groups (broad SMARTS) is 1. The first kappa shape index (κ1) is 16.9. The average molecular weight is 399 g/mol. The number of nitrogens with one attached hydrogen (secondary N) is 2. The van der Waals surface area contributed by atoms with Gasteiger partial charge in [-0.05, 0) is 42.8 Å². The predicted octanol–water partition coefficient (Wildman–Crippen LogP) is 4.73. The highest BCUT2D eigenvalue weighted by Gasteiger charge is 2.10. The number of anilines is 4. The molecule has 1 aromatic heterocycles. The standard InChI is InChI=1S/C18H15BrN4O2/c1-11-6-7-12(10-14(11)19)21-18-20-9-8-16(23-18)22-15-5-3-2-4-13(15)17(24)25/h2-10H,1H3,(H,24,25)(H2,20,21,22,23). The fourth-order valence-electron chi connectivity index (χ4n) is 2.20. The molecule has 3 aromatic rings. The summed E-state index contributed by atoms with van der Waals surface area (Å²) in [5, 5.41) is 15.4. The van der Waals surface area contributed by atoms with Crippen molar-refractivity contribution in [3.63, 3.8) is 0 Å². The Morgan fingerprint density at radius 1 is 1.12 bits per heavy atom. The third-order valence-corrected chi connectivity index (χ3v) is 4.36. The zero-order valence-corrected chi connectivity index (χ0v) is 14.9. The van der Waals surface area contributed by atoms with Crippen LogP contribution in [0, 0.1) is 6.92 Å². The van der Waals surface area contributed by atoms with Crippen molar-refractivity contribution in [3.8, 4) is 0 Å². The summed E-state index contributed by atoms with van der Waals surface area (Å²) in [5.41, 5.74) is 2.63. The van der Waals surface area contributed by atoms with Gasteiger partial charge in [-0.1, -0.05) is 34.1 Å². The number of aromatic carboxylic acids is 1. The van der Waals surface area contributed by atoms with Crippen LogP contribution < -0.4 is 10.6 Å². The number of nitrogens with zero attached hydrogens (tertiary/aromatic N) is 2. The molecule has 1 heterocycles. The van der Waals surface area contributed by atoms with E-state index in [1.807, 2.05) is 25.1 Å². The molecule has 0 saturated heterocycles. The van der Waals surface area contributed by atoms with E-state index < -0.39 is 5.97 Å². The number of carboxylic acids is 1. The molecule has 0 aliphatic heterocycles. The monoisotopic (exact) mass is 398 g/mol. The molecule has 7 heteroatoms. The van der Waals surface area contributed by atoms with Gasteiger partial charge in [0.05, 0.1) is 11.3 Å². The van der Waals surface area contributed by atoms with Crippen molar-refractivity contribution in [2.45, 2.75) is 6.92 Å². The van der Waals surface area contributed by atoms with Crippen LogP contribution in [0.4, 0.5) is 23.1 Å². The van der Waals surface area contributed by atoms with Crippen molar-refractivity contribution in [1.82, 2.24) is 9.97 Å². The third kappa shape index (κ3) is 4.13. The van der Waals surface area contributed by atoms with Crippen molar-refractivity contribution < 1.29 is 9.90 Å². The Bertz CT molecular complexity index is 930. The first-order chi connectivity index (χ1) is 12.0. The highest BCUT2D eigenvalue weighted by atomic mass is 79.9. The van der Waals surface area contributed by atoms with Crippen LogP contribution in [-0.4, -0.2) is 21.0 Å². The largest absolute Gasteiger partial charge is 0.478 e. The minimum Gasteiger partial charge on any atom is -0.478 e. The highest BCUT2D eigenvalue weighted by Crippen LogP contribution is 2.24. The number of benzene rings is 2. The van der Waals surface area contributed by atoms with Crippen molar-refractivity contribution in [1.29, 1.82) is 0 Å². The number of hydrogen-bond acceptors (Lipinski definition) is 5. The number of aromatic nitrogens is 2. The highest BCUT2D eigenvalue weighted by molar-refractivity contribution is 9.10. The van der Waals surface area contributed by atoms with Gasteiger partial charge in [0.2, 0.25) is 5.95 Å². The molecule has 0 aliphatic carbocycles. The van der Waals surface area contributed by atoms with Crippen LogP contribution >= 0.6 is 15.9 Å². The van der Waals surface area contributed by atoms with E-state index in [4.69, 9.17) is 0 Å². The summed E-state index contributed by atoms with van der Waals surface area (Å²) in [6.45, 7) is 2.01. The van der Waals surface area contributed by atoms with Gasteiger partial charge in [-0.25, -0.2) is 9.78 Å². The molecule has 0 spiro atoms. The lowest BCUT2D eigenvalue weighted by molar-refractivity contribution is 0.0698. The lowest BCUT2D eigenvalue weighted by Crippen LogP contribution is -2.04. The fourth-order valence-corrected chi connectivity index (χ4v) is 2.58. The Hall–Kier alpha value is -2.93. The quantitative estimate of drug-likeness (QED) is 0.575. The van der Waals surface area contributed by atoms with Gasteiger partial charge < -0.3 is 15.7 Å². The number of hydrogen-bond donors (Lipinski definition) is 3. The van der Waals surface area contributed by atoms with E-state index in [1.165, 1.54) is 6.07 Å². The molecule has 0 radical (unpaired) electrons. The zero-order valence-electron chi connectivity index (χ0n) is 13.3. The van der Waals surface area contributed by atoms with Gasteiger partial charge in [-0.15, -0.1) is 0 Å². The summed E-state index contributed by atoms with van der Waals surface area (Å²) in [6.07, 6.45) is 1.60. The van der Waals surface area contributed by atoms with Crippen LogP contribution in [0.15, 0.2) is 59.2 Å². The lowest BCUT2D eigenvalue weighted by Gasteiger charge is -2.10. The van der Waals surface area contributed by atoms with E-state index in [9.17, 15) is 9.90 Å². The molecule has 126 valence electrons. The van der Waals surface area contributed by atoms with E-state index in [0.29, 0.717) is 17.5 Å². The van der Waals surface area contributed by atoms with E-state index in [-0.39, 0.29) is 5.56 Å². The second-order valence-electron chi connectivity index (χ2n) is 5.33. The Kier molecular flexibility index (Phi) is 4.95. The summed E-state index contributed by atoms with van der Waals surface area (Å²) in [5.74, 6) is -0.0917. The molecule has 0 bridgehead atoms. The molecule has 0 saturated carbocycles. The van der Waals surface area contributed by atoms with Crippen LogP contribution in [0.5, 0.6) is 0 Å². The van der Waals surface area contributed by atoms with Crippen LogP contribution in [0.2, 0.25) is 0 Å². The van der Waals surface area contributed by atoms with Crippen LogP contribution in [-0.2, 0) is 0 Å². The van der Waals surface area contributed by atoms with E-state index in [1.54, 1.807) is 30.5 Å². The molecule has 3 rings (SSSR count). The maximum atomic E-state index is 11.3. The number of halogens is 1. The van der Waals surface area contributed by atoms with Gasteiger partial charge in [0.15, 0.2) is 0 Å². The molecule has 3 N–H and O–H groups in total. The maximum absolute atomic E-state index is 11.3. The predicted molar refractivity (Wildman–Crippen MR) is 101 cm³/mol. The average Bonchev–Trinajstić information content (AvgIpc) is 2.59. The number of para-hydroxylation sites is 1. The smallest absolute Gasteiger partial charge is 0.337 e. The Morgan fingerprint density at radius 2 is 1.92 bits per heavy atom. The van der Waals surface area contributed by atoms with Crippen molar-refractivity contribution in [3.05, 3.63) is 70.3 Å². The summed E-state index contributed by atoms with van der Waals surface area (Å²) in [7, 11) is 0. The molecule has 2 aromatic carbocycles. The van der Waals surface area contributed by atoms with Gasteiger partial charge in [0, 0.05) is 16.4 Å². The van der Waals surface area contributed by atoms with E-state index >= 15 is 0 Å². The van der Waals surface area contributed by atoms with Gasteiger partial charge >= 0.3 is 5.97 Å². The Labute approximate surface area is 153 Å². The van der Waals surface area contributed by atoms with Gasteiger partial charge in [-0.3, -0.25) is 0 Å². The van der Waals surface area contributed by atoms with Crippen LogP contribution in [0.3, 0.4) is 0 Å². The Balaban J connectivity index is 1.82. The number of aryl methyl sites for hydroxylation is 1. The molecule has 0 atom stereocenters. The minimum atomic E-state index is -1.000. The molecular weight excluding hydrogens is 384 g/mol. The lowest BCUT2D eigenvalue weighted by atomic mass is 10.2. The van der Waals surface area contributed by atoms with Gasteiger partial charge in [-0.2, -0.15) is 4.98 Å². The molecular formula is C18H15BrN4O2. The molecule has 0 fully saturated rings. The van der Waals surface area contributed by atoms with Gasteiger partial charge in [0.1, 0.15) is 5.82 Å². The summed E-state index contributed by atoms with van der Waals surface area (Å²) < 4.78 is 0.988. The topological polar surface area (TPSA) is 87.1 Å². The molecule has 25 heavy (non-hydrogen) atoms. The third-order valence-electron chi connectivity index (χ3n) is 3.50. The first-order valence-corrected chi connectivity index (χ1v) is 8.28. The van der Waals surface area contributed by atoms with Crippen molar-refractivity contribution in [2.24, 2.45) is 0 Å². The fraction of sp³-hybridized carbons (Fsp3) is 0.0556. The SMILES string of the molecule is Cc1ccc(Nc2nccc(Nc3ccccc3C(=O)O)n2)cc1Br. The summed E-state index contributed by atoms with van der Waals surface area (Å²) in [4.78, 5) is 19.9. The maximum Gasteiger partial charge on any atom is 0.337 e. The second-order valence-corrected chi connectivity index (χ2v) is 6.18. The minimum absolute atomic E-state index is 0.179. The molecule has 0 unspecified atom stereocenters. The summed E-state index contributed by atoms with van der Waals surface area (Å²) in [6, 6.07) is 14.2. The van der Waals surface area contributed by atoms with Crippen molar-refractivity contribution in [2.75, 3.05) is 10.6 Å². The molecule has 0 aliphatic rings. The second kappa shape index (κ2) is 7.31. The van der Waals surface area contributed by atoms with E-state index in [2.05, 4.69) is 36.5 Å². The Morgan fingerprint density at radius 3 is 2.68 bits per heavy atom. The number of rotatable bonds is 5. The van der Waals surface area contributed by atoms with Crippen molar-refractivity contribution >= 4 is 45.0 Å². The van der Waals surface area contributed by atoms with E-state index in [0.717, 1.165) is 15.7 Å². The first-order valence-electron chi connectivity index (χ1n) is 7.48.